The lowest BCUT2D eigenvalue weighted by molar-refractivity contribution is 0.379. The summed E-state index contributed by atoms with van der Waals surface area (Å²) in [6, 6.07) is 10.8. The Bertz CT molecular complexity index is 576. The molecule has 0 fully saturated rings. The van der Waals surface area contributed by atoms with Gasteiger partial charge in [-0.15, -0.1) is 5.10 Å². The van der Waals surface area contributed by atoms with Crippen molar-refractivity contribution in [3.63, 3.8) is 0 Å². The summed E-state index contributed by atoms with van der Waals surface area (Å²) >= 11 is 0. The van der Waals surface area contributed by atoms with Crippen molar-refractivity contribution in [3.8, 4) is 5.88 Å². The zero-order chi connectivity index (χ0) is 13.0. The molecule has 0 aliphatic heterocycles. The Morgan fingerprint density at radius 3 is 2.44 bits per heavy atom. The predicted octanol–water partition coefficient (Wildman–Crippen LogP) is 0.759. The molecular weight excluding hydrogens is 230 g/mol. The Kier molecular flexibility index (Phi) is 3.74. The predicted molar refractivity (Wildman–Crippen MR) is 68.5 cm³/mol. The third-order valence-corrected chi connectivity index (χ3v) is 2.64. The summed E-state index contributed by atoms with van der Waals surface area (Å²) in [6.07, 6.45) is 0. The Labute approximate surface area is 105 Å². The summed E-state index contributed by atoms with van der Waals surface area (Å²) in [5.74, 6) is 0.424. The zero-order valence-corrected chi connectivity index (χ0v) is 10.2. The van der Waals surface area contributed by atoms with E-state index in [0.29, 0.717) is 19.0 Å². The molecule has 0 bridgehead atoms. The van der Waals surface area contributed by atoms with Crippen LogP contribution in [0.5, 0.6) is 5.88 Å². The highest BCUT2D eigenvalue weighted by Gasteiger charge is 2.02. The van der Waals surface area contributed by atoms with Crippen LogP contribution in [0.1, 0.15) is 11.1 Å². The Morgan fingerprint density at radius 2 is 1.83 bits per heavy atom. The van der Waals surface area contributed by atoms with Gasteiger partial charge in [0, 0.05) is 18.7 Å². The summed E-state index contributed by atoms with van der Waals surface area (Å²) in [7, 11) is 1.52. The van der Waals surface area contributed by atoms with Crippen LogP contribution in [0.2, 0.25) is 0 Å². The number of methoxy groups -OCH3 is 1. The molecule has 0 aliphatic rings. The van der Waals surface area contributed by atoms with Gasteiger partial charge in [0.15, 0.2) is 0 Å². The maximum atomic E-state index is 11.6. The van der Waals surface area contributed by atoms with Gasteiger partial charge in [0.1, 0.15) is 0 Å². The van der Waals surface area contributed by atoms with E-state index >= 15 is 0 Å². The highest BCUT2D eigenvalue weighted by molar-refractivity contribution is 5.22. The lowest BCUT2D eigenvalue weighted by atomic mass is 10.1. The summed E-state index contributed by atoms with van der Waals surface area (Å²) in [6.45, 7) is 0.929. The molecule has 2 aromatic rings. The molecule has 0 unspecified atom stereocenters. The van der Waals surface area contributed by atoms with Gasteiger partial charge < -0.3 is 10.5 Å². The van der Waals surface area contributed by atoms with Gasteiger partial charge in [-0.25, -0.2) is 4.68 Å². The van der Waals surface area contributed by atoms with Crippen LogP contribution >= 0.6 is 0 Å². The van der Waals surface area contributed by atoms with Gasteiger partial charge in [0.2, 0.25) is 5.88 Å². The van der Waals surface area contributed by atoms with Gasteiger partial charge in [-0.05, 0) is 11.1 Å². The standard InChI is InChI=1S/C13H15N3O2/c1-18-12-6-7-13(17)16(15-12)9-11-4-2-10(8-14)3-5-11/h2-7H,8-9,14H2,1H3. The van der Waals surface area contributed by atoms with Crippen LogP contribution in [0.3, 0.4) is 0 Å². The van der Waals surface area contributed by atoms with Crippen LogP contribution in [0, 0.1) is 0 Å². The second kappa shape index (κ2) is 5.46. The SMILES string of the molecule is COc1ccc(=O)n(Cc2ccc(CN)cc2)n1. The topological polar surface area (TPSA) is 70.1 Å². The van der Waals surface area contributed by atoms with Crippen molar-refractivity contribution in [3.05, 3.63) is 57.9 Å². The van der Waals surface area contributed by atoms with Crippen LogP contribution in [0.4, 0.5) is 0 Å². The van der Waals surface area contributed by atoms with Gasteiger partial charge in [-0.3, -0.25) is 4.79 Å². The molecule has 5 heteroatoms. The average Bonchev–Trinajstić information content (AvgIpc) is 2.42. The first-order valence-electron chi connectivity index (χ1n) is 5.63. The van der Waals surface area contributed by atoms with Crippen LogP contribution in [0.25, 0.3) is 0 Å². The number of aromatic nitrogens is 2. The van der Waals surface area contributed by atoms with E-state index < -0.39 is 0 Å². The van der Waals surface area contributed by atoms with Crippen molar-refractivity contribution in [2.75, 3.05) is 7.11 Å². The number of nitrogens with two attached hydrogens (primary N) is 1. The largest absolute Gasteiger partial charge is 0.480 e. The average molecular weight is 245 g/mol. The molecule has 0 amide bonds. The molecule has 5 nitrogen and oxygen atoms in total. The fraction of sp³-hybridized carbons (Fsp3) is 0.231. The molecule has 1 heterocycles. The number of ether oxygens (including phenoxy) is 1. The fourth-order valence-electron chi connectivity index (χ4n) is 1.61. The minimum absolute atomic E-state index is 0.154. The molecule has 94 valence electrons. The van der Waals surface area contributed by atoms with Crippen molar-refractivity contribution < 1.29 is 4.74 Å². The molecule has 0 atom stereocenters. The second-order valence-electron chi connectivity index (χ2n) is 3.89. The molecule has 18 heavy (non-hydrogen) atoms. The summed E-state index contributed by atoms with van der Waals surface area (Å²) in [4.78, 5) is 11.6. The second-order valence-corrected chi connectivity index (χ2v) is 3.89. The quantitative estimate of drug-likeness (QED) is 0.863. The van der Waals surface area contributed by atoms with Gasteiger partial charge in [-0.2, -0.15) is 0 Å². The van der Waals surface area contributed by atoms with E-state index in [1.54, 1.807) is 6.07 Å². The van der Waals surface area contributed by atoms with Gasteiger partial charge >= 0.3 is 0 Å². The van der Waals surface area contributed by atoms with Crippen molar-refractivity contribution in [1.29, 1.82) is 0 Å². The number of hydrogen-bond donors (Lipinski definition) is 1. The Hall–Kier alpha value is -2.14. The van der Waals surface area contributed by atoms with Gasteiger partial charge in [-0.1, -0.05) is 24.3 Å². The molecule has 1 aromatic heterocycles. The first-order valence-corrected chi connectivity index (χ1v) is 5.63. The fourth-order valence-corrected chi connectivity index (χ4v) is 1.61. The maximum Gasteiger partial charge on any atom is 0.267 e. The smallest absolute Gasteiger partial charge is 0.267 e. The molecule has 0 radical (unpaired) electrons. The highest BCUT2D eigenvalue weighted by Crippen LogP contribution is 2.06. The van der Waals surface area contributed by atoms with Crippen molar-refractivity contribution >= 4 is 0 Å². The Morgan fingerprint density at radius 1 is 1.17 bits per heavy atom. The van der Waals surface area contributed by atoms with E-state index in [4.69, 9.17) is 10.5 Å². The normalized spacial score (nSPS) is 10.3. The van der Waals surface area contributed by atoms with E-state index in [-0.39, 0.29) is 5.56 Å². The molecule has 0 saturated heterocycles. The third kappa shape index (κ3) is 2.75. The van der Waals surface area contributed by atoms with E-state index in [0.717, 1.165) is 11.1 Å². The molecule has 0 saturated carbocycles. The third-order valence-electron chi connectivity index (χ3n) is 2.64. The number of nitrogens with zero attached hydrogens (tertiary/aromatic N) is 2. The molecule has 0 aliphatic carbocycles. The molecule has 1 aromatic carbocycles. The number of rotatable bonds is 4. The highest BCUT2D eigenvalue weighted by atomic mass is 16.5. The lowest BCUT2D eigenvalue weighted by Crippen LogP contribution is -2.22. The van der Waals surface area contributed by atoms with Crippen LogP contribution in [0.15, 0.2) is 41.2 Å². The maximum absolute atomic E-state index is 11.6. The monoisotopic (exact) mass is 245 g/mol. The molecule has 2 N–H and O–H groups in total. The van der Waals surface area contributed by atoms with E-state index in [1.807, 2.05) is 24.3 Å². The molecular formula is C13H15N3O2. The molecule has 2 rings (SSSR count). The molecule has 0 spiro atoms. The Balaban J connectivity index is 2.24. The summed E-state index contributed by atoms with van der Waals surface area (Å²) in [5.41, 5.74) is 7.43. The van der Waals surface area contributed by atoms with Crippen LogP contribution in [-0.2, 0) is 13.1 Å². The first kappa shape index (κ1) is 12.3. The van der Waals surface area contributed by atoms with E-state index in [9.17, 15) is 4.79 Å². The van der Waals surface area contributed by atoms with Crippen molar-refractivity contribution in [1.82, 2.24) is 9.78 Å². The van der Waals surface area contributed by atoms with Crippen LogP contribution < -0.4 is 16.0 Å². The first-order chi connectivity index (χ1) is 8.72. The minimum atomic E-state index is -0.154. The van der Waals surface area contributed by atoms with Crippen LogP contribution in [-0.4, -0.2) is 16.9 Å². The van der Waals surface area contributed by atoms with Gasteiger partial charge in [0.25, 0.3) is 5.56 Å². The van der Waals surface area contributed by atoms with Crippen molar-refractivity contribution in [2.24, 2.45) is 5.73 Å². The van der Waals surface area contributed by atoms with Crippen molar-refractivity contribution in [2.45, 2.75) is 13.1 Å². The number of benzene rings is 1. The zero-order valence-electron chi connectivity index (χ0n) is 10.2. The lowest BCUT2D eigenvalue weighted by Gasteiger charge is -2.06. The minimum Gasteiger partial charge on any atom is -0.480 e. The van der Waals surface area contributed by atoms with E-state index in [2.05, 4.69) is 5.10 Å². The number of hydrogen-bond acceptors (Lipinski definition) is 4. The van der Waals surface area contributed by atoms with Gasteiger partial charge in [0.05, 0.1) is 13.7 Å². The summed E-state index contributed by atoms with van der Waals surface area (Å²) < 4.78 is 6.37. The van der Waals surface area contributed by atoms with E-state index in [1.165, 1.54) is 17.9 Å². The summed E-state index contributed by atoms with van der Waals surface area (Å²) in [5, 5.41) is 4.09.